The Morgan fingerprint density at radius 2 is 2.19 bits per heavy atom. The van der Waals surface area contributed by atoms with Crippen molar-refractivity contribution < 1.29 is 14.6 Å². The molecule has 1 aromatic heterocycles. The van der Waals surface area contributed by atoms with Crippen LogP contribution in [-0.4, -0.2) is 35.2 Å². The lowest BCUT2D eigenvalue weighted by Gasteiger charge is -2.19. The zero-order chi connectivity index (χ0) is 12.1. The summed E-state index contributed by atoms with van der Waals surface area (Å²) >= 11 is 0. The first-order valence-electron chi connectivity index (χ1n) is 5.46. The summed E-state index contributed by atoms with van der Waals surface area (Å²) in [6.07, 6.45) is 1.55. The maximum absolute atomic E-state index is 10.1. The Morgan fingerprint density at radius 3 is 2.69 bits per heavy atom. The average Bonchev–Trinajstić information content (AvgIpc) is 2.70. The molecule has 0 aliphatic rings. The molecule has 1 rings (SSSR count). The van der Waals surface area contributed by atoms with Crippen LogP contribution in [0.1, 0.15) is 32.1 Å². The topological polar surface area (TPSA) is 56.5 Å². The summed E-state index contributed by atoms with van der Waals surface area (Å²) in [6.45, 7) is 4.63. The molecule has 0 amide bonds. The van der Waals surface area contributed by atoms with Crippen LogP contribution in [0, 0.1) is 0 Å². The standard InChI is InChI=1S/C11H20N2O3/c1-5-6-13-10(9(16-4)7-12-13)11(14)8(2)15-3/h7-8,11,14H,5-6H2,1-4H3. The van der Waals surface area contributed by atoms with Gasteiger partial charge in [-0.25, -0.2) is 0 Å². The number of methoxy groups -OCH3 is 2. The molecule has 1 aromatic rings. The molecule has 0 aliphatic carbocycles. The van der Waals surface area contributed by atoms with Gasteiger partial charge in [-0.2, -0.15) is 5.10 Å². The van der Waals surface area contributed by atoms with E-state index in [1.807, 2.05) is 6.92 Å². The number of rotatable bonds is 6. The summed E-state index contributed by atoms with van der Waals surface area (Å²) in [4.78, 5) is 0. The van der Waals surface area contributed by atoms with E-state index >= 15 is 0 Å². The first-order valence-corrected chi connectivity index (χ1v) is 5.46. The van der Waals surface area contributed by atoms with Crippen LogP contribution in [0.5, 0.6) is 5.75 Å². The minimum atomic E-state index is -0.728. The second-order valence-electron chi connectivity index (χ2n) is 3.71. The van der Waals surface area contributed by atoms with E-state index in [9.17, 15) is 5.11 Å². The molecular formula is C11H20N2O3. The number of aliphatic hydroxyl groups excluding tert-OH is 1. The smallest absolute Gasteiger partial charge is 0.162 e. The molecule has 0 aliphatic heterocycles. The van der Waals surface area contributed by atoms with Crippen molar-refractivity contribution in [2.45, 2.75) is 39.0 Å². The minimum Gasteiger partial charge on any atom is -0.493 e. The highest BCUT2D eigenvalue weighted by Crippen LogP contribution is 2.28. The van der Waals surface area contributed by atoms with Crippen LogP contribution in [0.3, 0.4) is 0 Å². The summed E-state index contributed by atoms with van der Waals surface area (Å²) in [5.41, 5.74) is 0.679. The predicted octanol–water partition coefficient (Wildman–Crippen LogP) is 1.37. The Labute approximate surface area is 96.0 Å². The zero-order valence-corrected chi connectivity index (χ0v) is 10.3. The normalized spacial score (nSPS) is 14.8. The molecule has 5 nitrogen and oxygen atoms in total. The maximum atomic E-state index is 10.1. The molecule has 1 heterocycles. The van der Waals surface area contributed by atoms with Crippen molar-refractivity contribution in [1.29, 1.82) is 0 Å². The number of hydrogen-bond donors (Lipinski definition) is 1. The van der Waals surface area contributed by atoms with Gasteiger partial charge in [-0.3, -0.25) is 4.68 Å². The summed E-state index contributed by atoms with van der Waals surface area (Å²) in [5, 5.41) is 14.3. The highest BCUT2D eigenvalue weighted by atomic mass is 16.5. The van der Waals surface area contributed by atoms with Crippen molar-refractivity contribution in [2.24, 2.45) is 0 Å². The number of hydrogen-bond acceptors (Lipinski definition) is 4. The van der Waals surface area contributed by atoms with Crippen LogP contribution >= 0.6 is 0 Å². The summed E-state index contributed by atoms with van der Waals surface area (Å²) in [6, 6.07) is 0. The Bertz CT molecular complexity index is 325. The zero-order valence-electron chi connectivity index (χ0n) is 10.3. The molecule has 0 saturated heterocycles. The number of aromatic nitrogens is 2. The van der Waals surface area contributed by atoms with Gasteiger partial charge in [-0.15, -0.1) is 0 Å². The van der Waals surface area contributed by atoms with Gasteiger partial charge in [-0.1, -0.05) is 6.92 Å². The molecule has 92 valence electrons. The van der Waals surface area contributed by atoms with Gasteiger partial charge in [0, 0.05) is 13.7 Å². The van der Waals surface area contributed by atoms with E-state index in [1.165, 1.54) is 0 Å². The van der Waals surface area contributed by atoms with Crippen LogP contribution in [0.4, 0.5) is 0 Å². The van der Waals surface area contributed by atoms with Crippen molar-refractivity contribution >= 4 is 0 Å². The fourth-order valence-corrected chi connectivity index (χ4v) is 1.57. The molecule has 0 aromatic carbocycles. The number of aryl methyl sites for hydroxylation is 1. The van der Waals surface area contributed by atoms with E-state index < -0.39 is 6.10 Å². The Morgan fingerprint density at radius 1 is 1.50 bits per heavy atom. The third-order valence-corrected chi connectivity index (χ3v) is 2.60. The van der Waals surface area contributed by atoms with E-state index in [4.69, 9.17) is 9.47 Å². The maximum Gasteiger partial charge on any atom is 0.162 e. The average molecular weight is 228 g/mol. The van der Waals surface area contributed by atoms with Gasteiger partial charge < -0.3 is 14.6 Å². The van der Waals surface area contributed by atoms with Crippen molar-refractivity contribution in [3.05, 3.63) is 11.9 Å². The van der Waals surface area contributed by atoms with E-state index in [-0.39, 0.29) is 6.10 Å². The van der Waals surface area contributed by atoms with Crippen molar-refractivity contribution in [3.8, 4) is 5.75 Å². The SMILES string of the molecule is CCCn1ncc(OC)c1C(O)C(C)OC. The van der Waals surface area contributed by atoms with Gasteiger partial charge >= 0.3 is 0 Å². The minimum absolute atomic E-state index is 0.291. The molecule has 16 heavy (non-hydrogen) atoms. The molecule has 5 heteroatoms. The van der Waals surface area contributed by atoms with Crippen molar-refractivity contribution in [2.75, 3.05) is 14.2 Å². The molecule has 2 atom stereocenters. The van der Waals surface area contributed by atoms with Gasteiger partial charge in [0.05, 0.1) is 19.4 Å². The second kappa shape index (κ2) is 5.86. The largest absolute Gasteiger partial charge is 0.493 e. The molecular weight excluding hydrogens is 208 g/mol. The van der Waals surface area contributed by atoms with Crippen LogP contribution in [0.15, 0.2) is 6.20 Å². The van der Waals surface area contributed by atoms with Crippen LogP contribution in [0.2, 0.25) is 0 Å². The Kier molecular flexibility index (Phi) is 4.76. The predicted molar refractivity (Wildman–Crippen MR) is 60.5 cm³/mol. The summed E-state index contributed by atoms with van der Waals surface area (Å²) in [7, 11) is 3.14. The number of nitrogens with zero attached hydrogens (tertiary/aromatic N) is 2. The molecule has 0 fully saturated rings. The van der Waals surface area contributed by atoms with Crippen molar-refractivity contribution in [1.82, 2.24) is 9.78 Å². The molecule has 1 N–H and O–H groups in total. The van der Waals surface area contributed by atoms with E-state index in [0.717, 1.165) is 13.0 Å². The second-order valence-corrected chi connectivity index (χ2v) is 3.71. The third kappa shape index (κ3) is 2.54. The van der Waals surface area contributed by atoms with E-state index in [2.05, 4.69) is 12.0 Å². The van der Waals surface area contributed by atoms with Gasteiger partial charge in [0.15, 0.2) is 5.75 Å². The van der Waals surface area contributed by atoms with Crippen LogP contribution in [-0.2, 0) is 11.3 Å². The van der Waals surface area contributed by atoms with Gasteiger partial charge in [-0.05, 0) is 13.3 Å². The fourth-order valence-electron chi connectivity index (χ4n) is 1.57. The lowest BCUT2D eigenvalue weighted by Crippen LogP contribution is -2.21. The van der Waals surface area contributed by atoms with E-state index in [1.54, 1.807) is 25.1 Å². The molecule has 0 bridgehead atoms. The Hall–Kier alpha value is -1.07. The van der Waals surface area contributed by atoms with Crippen molar-refractivity contribution in [3.63, 3.8) is 0 Å². The number of ether oxygens (including phenoxy) is 2. The monoisotopic (exact) mass is 228 g/mol. The highest BCUT2D eigenvalue weighted by molar-refractivity contribution is 5.27. The van der Waals surface area contributed by atoms with Gasteiger partial charge in [0.25, 0.3) is 0 Å². The Balaban J connectivity index is 3.01. The van der Waals surface area contributed by atoms with Gasteiger partial charge in [0.1, 0.15) is 11.8 Å². The molecule has 2 unspecified atom stereocenters. The lowest BCUT2D eigenvalue weighted by molar-refractivity contribution is -0.00704. The molecule has 0 spiro atoms. The van der Waals surface area contributed by atoms with Crippen LogP contribution in [0.25, 0.3) is 0 Å². The summed E-state index contributed by atoms with van der Waals surface area (Å²) in [5.74, 6) is 0.602. The quantitative estimate of drug-likeness (QED) is 0.799. The highest BCUT2D eigenvalue weighted by Gasteiger charge is 2.24. The first-order chi connectivity index (χ1) is 7.65. The third-order valence-electron chi connectivity index (χ3n) is 2.60. The number of aliphatic hydroxyl groups is 1. The fraction of sp³-hybridized carbons (Fsp3) is 0.727. The van der Waals surface area contributed by atoms with E-state index in [0.29, 0.717) is 11.4 Å². The molecule has 0 radical (unpaired) electrons. The first kappa shape index (κ1) is 13.0. The van der Waals surface area contributed by atoms with Gasteiger partial charge in [0.2, 0.25) is 0 Å². The van der Waals surface area contributed by atoms with Crippen LogP contribution < -0.4 is 4.74 Å². The summed E-state index contributed by atoms with van der Waals surface area (Å²) < 4.78 is 12.1. The lowest BCUT2D eigenvalue weighted by atomic mass is 10.1. The molecule has 0 saturated carbocycles.